The zero-order valence-corrected chi connectivity index (χ0v) is 15.8. The molecule has 5 nitrogen and oxygen atoms in total. The molecule has 2 saturated carbocycles. The molecule has 0 aromatic heterocycles. The van der Waals surface area contributed by atoms with Gasteiger partial charge in [-0.25, -0.2) is 0 Å². The lowest BCUT2D eigenvalue weighted by Crippen LogP contribution is -2.40. The molecule has 5 rings (SSSR count). The minimum atomic E-state index is -0.0849. The molecule has 0 bridgehead atoms. The fourth-order valence-electron chi connectivity index (χ4n) is 5.43. The number of hydrogen-bond donors (Lipinski definition) is 0. The molecule has 26 heavy (non-hydrogen) atoms. The van der Waals surface area contributed by atoms with E-state index in [1.54, 1.807) is 7.11 Å². The Hall–Kier alpha value is -1.75. The SMILES string of the molecule is COc1ccc2c3c1OC1C[C@@H](OC(=O)C4CC4)C(C)[C@@]31CCN(C)C2. The lowest BCUT2D eigenvalue weighted by atomic mass is 9.69. The largest absolute Gasteiger partial charge is 0.493 e. The molecule has 0 N–H and O–H groups in total. The van der Waals surface area contributed by atoms with Crippen LogP contribution in [0.4, 0.5) is 0 Å². The van der Waals surface area contributed by atoms with E-state index < -0.39 is 0 Å². The van der Waals surface area contributed by atoms with Crippen molar-refractivity contribution in [2.75, 3.05) is 20.7 Å². The van der Waals surface area contributed by atoms with Gasteiger partial charge in [-0.3, -0.25) is 4.79 Å². The Kier molecular flexibility index (Phi) is 3.55. The van der Waals surface area contributed by atoms with Gasteiger partial charge in [-0.05, 0) is 44.5 Å². The highest BCUT2D eigenvalue weighted by Crippen LogP contribution is 2.61. The van der Waals surface area contributed by atoms with Crippen LogP contribution < -0.4 is 9.47 Å². The molecule has 2 aliphatic carbocycles. The molecular weight excluding hydrogens is 330 g/mol. The molecule has 1 aromatic rings. The number of ether oxygens (including phenoxy) is 3. The molecule has 2 heterocycles. The molecule has 4 atom stereocenters. The van der Waals surface area contributed by atoms with Gasteiger partial charge in [-0.1, -0.05) is 13.0 Å². The van der Waals surface area contributed by atoms with Crippen LogP contribution in [0, 0.1) is 11.8 Å². The number of benzene rings is 1. The summed E-state index contributed by atoms with van der Waals surface area (Å²) >= 11 is 0. The summed E-state index contributed by atoms with van der Waals surface area (Å²) in [6, 6.07) is 4.21. The Morgan fingerprint density at radius 3 is 2.88 bits per heavy atom. The smallest absolute Gasteiger partial charge is 0.309 e. The van der Waals surface area contributed by atoms with E-state index in [0.29, 0.717) is 0 Å². The summed E-state index contributed by atoms with van der Waals surface area (Å²) in [5, 5.41) is 0. The highest BCUT2D eigenvalue weighted by molar-refractivity contribution is 5.75. The highest BCUT2D eigenvalue weighted by atomic mass is 16.6. The van der Waals surface area contributed by atoms with Crippen molar-refractivity contribution >= 4 is 5.97 Å². The second-order valence-corrected chi connectivity index (χ2v) is 8.54. The molecular formula is C21H27NO4. The Morgan fingerprint density at radius 1 is 1.35 bits per heavy atom. The van der Waals surface area contributed by atoms with Crippen LogP contribution in [-0.2, 0) is 21.5 Å². The first-order valence-electron chi connectivity index (χ1n) is 9.80. The molecule has 2 unspecified atom stereocenters. The van der Waals surface area contributed by atoms with Crippen LogP contribution in [0.1, 0.15) is 43.7 Å². The van der Waals surface area contributed by atoms with Crippen molar-refractivity contribution < 1.29 is 19.0 Å². The van der Waals surface area contributed by atoms with Crippen molar-refractivity contribution in [3.8, 4) is 11.5 Å². The van der Waals surface area contributed by atoms with Crippen molar-refractivity contribution in [1.82, 2.24) is 4.90 Å². The van der Waals surface area contributed by atoms with Crippen LogP contribution in [0.5, 0.6) is 11.5 Å². The summed E-state index contributed by atoms with van der Waals surface area (Å²) in [5.41, 5.74) is 2.55. The first-order chi connectivity index (χ1) is 12.5. The van der Waals surface area contributed by atoms with Crippen LogP contribution in [0.15, 0.2) is 12.1 Å². The molecule has 2 aliphatic heterocycles. The van der Waals surface area contributed by atoms with E-state index in [2.05, 4.69) is 24.9 Å². The maximum Gasteiger partial charge on any atom is 0.309 e. The Bertz CT molecular complexity index is 759. The third-order valence-electron chi connectivity index (χ3n) is 7.07. The van der Waals surface area contributed by atoms with Gasteiger partial charge in [0.25, 0.3) is 0 Å². The lowest BCUT2D eigenvalue weighted by molar-refractivity contribution is -0.152. The van der Waals surface area contributed by atoms with Crippen molar-refractivity contribution in [2.45, 2.75) is 56.8 Å². The van der Waals surface area contributed by atoms with Crippen LogP contribution in [-0.4, -0.2) is 43.8 Å². The summed E-state index contributed by atoms with van der Waals surface area (Å²) < 4.78 is 18.0. The topological polar surface area (TPSA) is 48.0 Å². The molecule has 1 spiro atoms. The minimum Gasteiger partial charge on any atom is -0.493 e. The number of rotatable bonds is 3. The first-order valence-corrected chi connectivity index (χ1v) is 9.80. The molecule has 5 heteroatoms. The maximum atomic E-state index is 12.3. The summed E-state index contributed by atoms with van der Waals surface area (Å²) in [7, 11) is 3.88. The molecule has 2 fully saturated rings. The normalized spacial score (nSPS) is 35.3. The standard InChI is InChI=1S/C21H27NO4/c1-12-16(25-20(23)13-4-5-13)10-17-21(12)8-9-22(2)11-14-6-7-15(24-3)19(26-17)18(14)21/h6-7,12-13,16-17H,4-5,8-11H2,1-3H3/t12?,16-,17?,21-/m1/s1. The van der Waals surface area contributed by atoms with Crippen molar-refractivity contribution in [3.63, 3.8) is 0 Å². The minimum absolute atomic E-state index is 0.00458. The number of hydrogen-bond acceptors (Lipinski definition) is 5. The predicted molar refractivity (Wildman–Crippen MR) is 96.4 cm³/mol. The van der Waals surface area contributed by atoms with Gasteiger partial charge in [0.15, 0.2) is 11.5 Å². The van der Waals surface area contributed by atoms with Gasteiger partial charge in [0.05, 0.1) is 13.0 Å². The molecule has 1 aromatic carbocycles. The fourth-order valence-corrected chi connectivity index (χ4v) is 5.43. The summed E-state index contributed by atoms with van der Waals surface area (Å²) in [4.78, 5) is 14.7. The van der Waals surface area contributed by atoms with E-state index >= 15 is 0 Å². The number of methoxy groups -OCH3 is 1. The second kappa shape index (κ2) is 5.62. The van der Waals surface area contributed by atoms with Gasteiger partial charge in [0.1, 0.15) is 12.2 Å². The molecule has 0 saturated heterocycles. The average Bonchev–Trinajstić information content (AvgIpc) is 3.39. The zero-order chi connectivity index (χ0) is 18.1. The van der Waals surface area contributed by atoms with E-state index in [1.807, 2.05) is 6.07 Å². The molecule has 4 aliphatic rings. The van der Waals surface area contributed by atoms with E-state index in [0.717, 1.165) is 50.3 Å². The van der Waals surface area contributed by atoms with Gasteiger partial charge in [-0.15, -0.1) is 0 Å². The van der Waals surface area contributed by atoms with Gasteiger partial charge in [0, 0.05) is 29.9 Å². The van der Waals surface area contributed by atoms with E-state index in [1.165, 1.54) is 11.1 Å². The fraction of sp³-hybridized carbons (Fsp3) is 0.667. The molecule has 0 radical (unpaired) electrons. The Labute approximate surface area is 154 Å². The highest BCUT2D eigenvalue weighted by Gasteiger charge is 2.62. The lowest BCUT2D eigenvalue weighted by Gasteiger charge is -2.34. The third kappa shape index (κ3) is 2.16. The van der Waals surface area contributed by atoms with Crippen LogP contribution in [0.2, 0.25) is 0 Å². The Balaban J connectivity index is 1.57. The number of nitrogens with zero attached hydrogens (tertiary/aromatic N) is 1. The van der Waals surface area contributed by atoms with Crippen molar-refractivity contribution in [1.29, 1.82) is 0 Å². The summed E-state index contributed by atoms with van der Waals surface area (Å²) in [5.74, 6) is 2.12. The maximum absolute atomic E-state index is 12.3. The summed E-state index contributed by atoms with van der Waals surface area (Å²) in [6.45, 7) is 4.19. The van der Waals surface area contributed by atoms with Crippen molar-refractivity contribution in [2.24, 2.45) is 11.8 Å². The van der Waals surface area contributed by atoms with Gasteiger partial charge in [0.2, 0.25) is 0 Å². The monoisotopic (exact) mass is 357 g/mol. The number of esters is 1. The zero-order valence-electron chi connectivity index (χ0n) is 15.8. The third-order valence-corrected chi connectivity index (χ3v) is 7.07. The van der Waals surface area contributed by atoms with Crippen LogP contribution in [0.3, 0.4) is 0 Å². The predicted octanol–water partition coefficient (Wildman–Crippen LogP) is 2.89. The van der Waals surface area contributed by atoms with Crippen molar-refractivity contribution in [3.05, 3.63) is 23.3 Å². The second-order valence-electron chi connectivity index (χ2n) is 8.54. The van der Waals surface area contributed by atoms with Gasteiger partial charge < -0.3 is 19.1 Å². The number of carbonyl (C=O) groups is 1. The first kappa shape index (κ1) is 16.4. The van der Waals surface area contributed by atoms with Gasteiger partial charge in [-0.2, -0.15) is 0 Å². The molecule has 0 amide bonds. The quantitative estimate of drug-likeness (QED) is 0.779. The summed E-state index contributed by atoms with van der Waals surface area (Å²) in [6.07, 6.45) is 3.79. The number of carbonyl (C=O) groups excluding carboxylic acids is 1. The van der Waals surface area contributed by atoms with Crippen LogP contribution in [0.25, 0.3) is 0 Å². The van der Waals surface area contributed by atoms with E-state index in [9.17, 15) is 4.79 Å². The average molecular weight is 357 g/mol. The van der Waals surface area contributed by atoms with E-state index in [-0.39, 0.29) is 35.4 Å². The Morgan fingerprint density at radius 2 is 2.15 bits per heavy atom. The van der Waals surface area contributed by atoms with E-state index in [4.69, 9.17) is 14.2 Å². The molecule has 140 valence electrons. The van der Waals surface area contributed by atoms with Crippen LogP contribution >= 0.6 is 0 Å². The van der Waals surface area contributed by atoms with Gasteiger partial charge >= 0.3 is 5.97 Å².